The second-order valence-electron chi connectivity index (χ2n) is 5.32. The van der Waals surface area contributed by atoms with Crippen molar-refractivity contribution in [3.05, 3.63) is 0 Å². The highest BCUT2D eigenvalue weighted by Crippen LogP contribution is 2.10. The molecule has 3 nitrogen and oxygen atoms in total. The van der Waals surface area contributed by atoms with E-state index < -0.39 is 0 Å². The lowest BCUT2D eigenvalue weighted by atomic mass is 10.1. The predicted octanol–water partition coefficient (Wildman–Crippen LogP) is 1.84. The number of likely N-dealkylation sites (N-methyl/N-ethyl adjacent to an activating group) is 1. The van der Waals surface area contributed by atoms with Gasteiger partial charge in [-0.15, -0.1) is 0 Å². The van der Waals surface area contributed by atoms with E-state index in [1.165, 1.54) is 51.9 Å². The van der Waals surface area contributed by atoms with Crippen LogP contribution in [0.3, 0.4) is 0 Å². The van der Waals surface area contributed by atoms with Crippen molar-refractivity contribution >= 4 is 0 Å². The van der Waals surface area contributed by atoms with Crippen LogP contribution in [0.4, 0.5) is 0 Å². The molecule has 1 aliphatic rings. The minimum Gasteiger partial charge on any atom is -0.314 e. The molecule has 0 radical (unpaired) electrons. The Labute approximate surface area is 107 Å². The Bertz CT molecular complexity index is 178. The van der Waals surface area contributed by atoms with Crippen molar-refractivity contribution in [3.63, 3.8) is 0 Å². The summed E-state index contributed by atoms with van der Waals surface area (Å²) in [6, 6.07) is 1.40. The molecular formula is C14H31N3. The third-order valence-corrected chi connectivity index (χ3v) is 3.71. The van der Waals surface area contributed by atoms with Gasteiger partial charge in [0.2, 0.25) is 0 Å². The molecule has 0 aromatic rings. The second kappa shape index (κ2) is 8.90. The summed E-state index contributed by atoms with van der Waals surface area (Å²) in [7, 11) is 0. The lowest BCUT2D eigenvalue weighted by molar-refractivity contribution is 0.280. The van der Waals surface area contributed by atoms with E-state index in [0.717, 1.165) is 12.6 Å². The van der Waals surface area contributed by atoms with E-state index in [-0.39, 0.29) is 0 Å². The van der Waals surface area contributed by atoms with Crippen LogP contribution in [0.2, 0.25) is 0 Å². The maximum absolute atomic E-state index is 3.65. The average Bonchev–Trinajstić information content (AvgIpc) is 2.80. The van der Waals surface area contributed by atoms with Crippen LogP contribution in [0, 0.1) is 0 Å². The Morgan fingerprint density at radius 3 is 2.76 bits per heavy atom. The van der Waals surface area contributed by atoms with Gasteiger partial charge in [0.15, 0.2) is 0 Å². The first kappa shape index (κ1) is 14.9. The first-order chi connectivity index (χ1) is 8.26. The zero-order valence-electron chi connectivity index (χ0n) is 12.0. The molecule has 0 amide bonds. The molecule has 3 heteroatoms. The van der Waals surface area contributed by atoms with Crippen molar-refractivity contribution in [2.24, 2.45) is 0 Å². The summed E-state index contributed by atoms with van der Waals surface area (Å²) in [6.07, 6.45) is 5.26. The van der Waals surface area contributed by atoms with Crippen LogP contribution >= 0.6 is 0 Å². The van der Waals surface area contributed by atoms with E-state index in [2.05, 4.69) is 36.3 Å². The van der Waals surface area contributed by atoms with Gasteiger partial charge < -0.3 is 15.5 Å². The summed E-state index contributed by atoms with van der Waals surface area (Å²) < 4.78 is 0. The average molecular weight is 241 g/mol. The molecule has 1 rings (SSSR count). The Balaban J connectivity index is 2.03. The van der Waals surface area contributed by atoms with E-state index in [0.29, 0.717) is 6.04 Å². The first-order valence-electron chi connectivity index (χ1n) is 7.45. The van der Waals surface area contributed by atoms with Crippen LogP contribution in [-0.2, 0) is 0 Å². The molecule has 1 fully saturated rings. The number of hydrogen-bond donors (Lipinski definition) is 2. The Morgan fingerprint density at radius 1 is 1.35 bits per heavy atom. The lowest BCUT2D eigenvalue weighted by Gasteiger charge is -2.22. The zero-order valence-corrected chi connectivity index (χ0v) is 12.0. The Hall–Kier alpha value is -0.120. The van der Waals surface area contributed by atoms with Gasteiger partial charge in [-0.2, -0.15) is 0 Å². The fourth-order valence-electron chi connectivity index (χ4n) is 2.68. The van der Waals surface area contributed by atoms with Crippen molar-refractivity contribution in [2.75, 3.05) is 32.7 Å². The van der Waals surface area contributed by atoms with Crippen LogP contribution in [0.5, 0.6) is 0 Å². The number of rotatable bonds is 9. The van der Waals surface area contributed by atoms with Crippen LogP contribution < -0.4 is 10.6 Å². The first-order valence-corrected chi connectivity index (χ1v) is 7.45. The highest BCUT2D eigenvalue weighted by molar-refractivity contribution is 4.78. The van der Waals surface area contributed by atoms with Crippen molar-refractivity contribution in [2.45, 2.75) is 58.5 Å². The largest absolute Gasteiger partial charge is 0.314 e. The van der Waals surface area contributed by atoms with E-state index in [1.54, 1.807) is 0 Å². The summed E-state index contributed by atoms with van der Waals surface area (Å²) in [5, 5.41) is 7.22. The molecule has 0 aromatic heterocycles. The van der Waals surface area contributed by atoms with Crippen LogP contribution in [-0.4, -0.2) is 49.7 Å². The number of hydrogen-bond acceptors (Lipinski definition) is 3. The van der Waals surface area contributed by atoms with Crippen LogP contribution in [0.1, 0.15) is 46.5 Å². The van der Waals surface area contributed by atoms with Gasteiger partial charge in [-0.3, -0.25) is 0 Å². The van der Waals surface area contributed by atoms with E-state index >= 15 is 0 Å². The van der Waals surface area contributed by atoms with Gasteiger partial charge in [0.05, 0.1) is 0 Å². The van der Waals surface area contributed by atoms with E-state index in [9.17, 15) is 0 Å². The van der Waals surface area contributed by atoms with E-state index in [1.807, 2.05) is 0 Å². The molecule has 102 valence electrons. The molecule has 1 saturated heterocycles. The van der Waals surface area contributed by atoms with E-state index in [4.69, 9.17) is 0 Å². The summed E-state index contributed by atoms with van der Waals surface area (Å²) in [6.45, 7) is 12.8. The maximum atomic E-state index is 3.65. The van der Waals surface area contributed by atoms with Gasteiger partial charge in [-0.05, 0) is 52.2 Å². The number of nitrogens with zero attached hydrogens (tertiary/aromatic N) is 1. The summed E-state index contributed by atoms with van der Waals surface area (Å²) in [4.78, 5) is 2.52. The Morgan fingerprint density at radius 2 is 2.18 bits per heavy atom. The number of nitrogens with one attached hydrogen (secondary N) is 2. The molecule has 0 saturated carbocycles. The fraction of sp³-hybridized carbons (Fsp3) is 1.00. The third-order valence-electron chi connectivity index (χ3n) is 3.71. The summed E-state index contributed by atoms with van der Waals surface area (Å²) in [5.74, 6) is 0. The summed E-state index contributed by atoms with van der Waals surface area (Å²) in [5.41, 5.74) is 0. The molecule has 0 aromatic carbocycles. The Kier molecular flexibility index (Phi) is 7.82. The monoisotopic (exact) mass is 241 g/mol. The predicted molar refractivity (Wildman–Crippen MR) is 75.5 cm³/mol. The highest BCUT2D eigenvalue weighted by atomic mass is 15.1. The van der Waals surface area contributed by atoms with Gasteiger partial charge in [0, 0.05) is 25.2 Å². The maximum Gasteiger partial charge on any atom is 0.0107 e. The standard InChI is InChI=1S/C14H31N3/c1-4-10-17(5-2)11-9-15-13(3)12-14-7-6-8-16-14/h13-16H,4-12H2,1-3H3. The molecule has 17 heavy (non-hydrogen) atoms. The molecular weight excluding hydrogens is 210 g/mol. The SMILES string of the molecule is CCCN(CC)CCNC(C)CC1CCCN1. The minimum atomic E-state index is 0.644. The highest BCUT2D eigenvalue weighted by Gasteiger charge is 2.16. The van der Waals surface area contributed by atoms with Crippen molar-refractivity contribution in [1.29, 1.82) is 0 Å². The molecule has 2 atom stereocenters. The topological polar surface area (TPSA) is 27.3 Å². The van der Waals surface area contributed by atoms with Gasteiger partial charge in [-0.25, -0.2) is 0 Å². The second-order valence-corrected chi connectivity index (χ2v) is 5.32. The molecule has 1 aliphatic heterocycles. The molecule has 0 spiro atoms. The van der Waals surface area contributed by atoms with Crippen molar-refractivity contribution < 1.29 is 0 Å². The molecule has 1 heterocycles. The van der Waals surface area contributed by atoms with Crippen molar-refractivity contribution in [3.8, 4) is 0 Å². The minimum absolute atomic E-state index is 0.644. The van der Waals surface area contributed by atoms with Crippen molar-refractivity contribution in [1.82, 2.24) is 15.5 Å². The van der Waals surface area contributed by atoms with Gasteiger partial charge in [0.25, 0.3) is 0 Å². The molecule has 0 aliphatic carbocycles. The smallest absolute Gasteiger partial charge is 0.0107 e. The van der Waals surface area contributed by atoms with Gasteiger partial charge in [0.1, 0.15) is 0 Å². The zero-order chi connectivity index (χ0) is 12.5. The van der Waals surface area contributed by atoms with Crippen LogP contribution in [0.15, 0.2) is 0 Å². The summed E-state index contributed by atoms with van der Waals surface area (Å²) >= 11 is 0. The normalized spacial score (nSPS) is 22.2. The third kappa shape index (κ3) is 6.39. The van der Waals surface area contributed by atoms with Crippen LogP contribution in [0.25, 0.3) is 0 Å². The quantitative estimate of drug-likeness (QED) is 0.645. The molecule has 0 bridgehead atoms. The van der Waals surface area contributed by atoms with Gasteiger partial charge in [-0.1, -0.05) is 13.8 Å². The van der Waals surface area contributed by atoms with Gasteiger partial charge >= 0.3 is 0 Å². The fourth-order valence-corrected chi connectivity index (χ4v) is 2.68. The molecule has 2 N–H and O–H groups in total. The lowest BCUT2D eigenvalue weighted by Crippen LogP contribution is -2.39. The molecule has 2 unspecified atom stereocenters.